The van der Waals surface area contributed by atoms with Crippen LogP contribution in [0.3, 0.4) is 0 Å². The highest BCUT2D eigenvalue weighted by molar-refractivity contribution is 5.73. The number of morpholine rings is 1. The van der Waals surface area contributed by atoms with E-state index in [2.05, 4.69) is 4.90 Å². The first-order valence-electron chi connectivity index (χ1n) is 15.9. The van der Waals surface area contributed by atoms with E-state index >= 15 is 0 Å². The van der Waals surface area contributed by atoms with Crippen molar-refractivity contribution < 1.29 is 48.9 Å². The number of carbonyl (C=O) groups excluding carboxylic acids is 1. The molecule has 0 aromatic rings. The predicted molar refractivity (Wildman–Crippen MR) is 153 cm³/mol. The van der Waals surface area contributed by atoms with Gasteiger partial charge in [0, 0.05) is 31.0 Å². The average molecular weight is 602 g/mol. The average Bonchev–Trinajstić information content (AvgIpc) is 3.28. The quantitative estimate of drug-likeness (QED) is 0.328. The second kappa shape index (κ2) is 13.2. The zero-order valence-electron chi connectivity index (χ0n) is 26.6. The van der Waals surface area contributed by atoms with Crippen molar-refractivity contribution in [3.05, 3.63) is 0 Å². The summed E-state index contributed by atoms with van der Waals surface area (Å²) in [7, 11) is 0. The van der Waals surface area contributed by atoms with Gasteiger partial charge in [-0.25, -0.2) is 0 Å². The van der Waals surface area contributed by atoms with Gasteiger partial charge in [-0.3, -0.25) is 9.69 Å². The maximum Gasteiger partial charge on any atom is 0.311 e. The lowest BCUT2D eigenvalue weighted by Crippen LogP contribution is -2.61. The molecule has 4 saturated heterocycles. The van der Waals surface area contributed by atoms with Crippen molar-refractivity contribution in [1.29, 1.82) is 0 Å². The van der Waals surface area contributed by atoms with Crippen LogP contribution in [0.4, 0.5) is 0 Å². The van der Waals surface area contributed by atoms with Gasteiger partial charge in [0.15, 0.2) is 6.29 Å². The van der Waals surface area contributed by atoms with Crippen LogP contribution in [-0.4, -0.2) is 124 Å². The Bertz CT molecular complexity index is 914. The van der Waals surface area contributed by atoms with Crippen molar-refractivity contribution in [2.45, 2.75) is 141 Å². The number of aliphatic hydroxyl groups excluding tert-OH is 3. The van der Waals surface area contributed by atoms with E-state index in [-0.39, 0.29) is 24.5 Å². The van der Waals surface area contributed by atoms with Crippen molar-refractivity contribution in [2.75, 3.05) is 26.3 Å². The van der Waals surface area contributed by atoms with E-state index in [9.17, 15) is 25.2 Å². The molecule has 0 aliphatic carbocycles. The minimum Gasteiger partial charge on any atom is -0.459 e. The van der Waals surface area contributed by atoms with Crippen LogP contribution in [0.1, 0.15) is 74.7 Å². The molecule has 4 aliphatic rings. The molecule has 244 valence electrons. The lowest BCUT2D eigenvalue weighted by Gasteiger charge is -2.48. The fourth-order valence-corrected chi connectivity index (χ4v) is 7.96. The van der Waals surface area contributed by atoms with Gasteiger partial charge in [0.1, 0.15) is 17.8 Å². The number of nitrogens with zero attached hydrogens (tertiary/aromatic N) is 1. The van der Waals surface area contributed by atoms with Gasteiger partial charge in [0.2, 0.25) is 0 Å². The third-order valence-corrected chi connectivity index (χ3v) is 10.5. The van der Waals surface area contributed by atoms with Crippen LogP contribution in [0.5, 0.6) is 0 Å². The maximum absolute atomic E-state index is 13.5. The molecule has 0 spiro atoms. The van der Waals surface area contributed by atoms with Crippen molar-refractivity contribution >= 4 is 5.97 Å². The molecule has 4 rings (SSSR count). The molecule has 5 unspecified atom stereocenters. The Balaban J connectivity index is 1.68. The number of ether oxygens (including phenoxy) is 5. The molecular weight excluding hydrogens is 546 g/mol. The summed E-state index contributed by atoms with van der Waals surface area (Å²) in [5.74, 6) is -2.73. The van der Waals surface area contributed by atoms with Crippen molar-refractivity contribution in [3.63, 3.8) is 0 Å². The third-order valence-electron chi connectivity index (χ3n) is 10.5. The zero-order chi connectivity index (χ0) is 31.1. The molecule has 42 heavy (non-hydrogen) atoms. The van der Waals surface area contributed by atoms with Gasteiger partial charge in [0.25, 0.3) is 0 Å². The molecule has 0 aromatic carbocycles. The number of carbonyl (C=O) groups is 1. The van der Waals surface area contributed by atoms with Crippen molar-refractivity contribution in [1.82, 2.24) is 4.90 Å². The topological polar surface area (TPSA) is 147 Å². The van der Waals surface area contributed by atoms with Crippen molar-refractivity contribution in [2.24, 2.45) is 23.7 Å². The Morgan fingerprint density at radius 2 is 1.74 bits per heavy atom. The first-order chi connectivity index (χ1) is 19.6. The van der Waals surface area contributed by atoms with Gasteiger partial charge in [-0.05, 0) is 52.9 Å². The second-order valence-corrected chi connectivity index (χ2v) is 13.9. The van der Waals surface area contributed by atoms with Crippen LogP contribution in [-0.2, 0) is 28.5 Å². The fourth-order valence-electron chi connectivity index (χ4n) is 7.96. The van der Waals surface area contributed by atoms with Gasteiger partial charge in [-0.2, -0.15) is 0 Å². The molecular formula is C31H55NO10. The molecule has 4 heterocycles. The van der Waals surface area contributed by atoms with Crippen LogP contribution in [0, 0.1) is 23.7 Å². The van der Waals surface area contributed by atoms with Gasteiger partial charge in [0.05, 0.1) is 55.3 Å². The number of cyclic esters (lactones) is 1. The van der Waals surface area contributed by atoms with E-state index in [1.54, 1.807) is 13.8 Å². The number of hydrogen-bond acceptors (Lipinski definition) is 11. The van der Waals surface area contributed by atoms with E-state index in [1.165, 1.54) is 6.92 Å². The molecule has 4 fully saturated rings. The third kappa shape index (κ3) is 6.55. The summed E-state index contributed by atoms with van der Waals surface area (Å²) in [6.45, 7) is 17.1. The molecule has 11 heteroatoms. The van der Waals surface area contributed by atoms with Gasteiger partial charge >= 0.3 is 5.97 Å². The zero-order valence-corrected chi connectivity index (χ0v) is 26.6. The molecule has 2 bridgehead atoms. The van der Waals surface area contributed by atoms with E-state index in [0.29, 0.717) is 26.1 Å². The largest absolute Gasteiger partial charge is 0.459 e. The monoisotopic (exact) mass is 601 g/mol. The smallest absolute Gasteiger partial charge is 0.311 e. The van der Waals surface area contributed by atoms with E-state index < -0.39 is 77.8 Å². The Kier molecular flexibility index (Phi) is 10.7. The summed E-state index contributed by atoms with van der Waals surface area (Å²) >= 11 is 0. The highest BCUT2D eigenvalue weighted by atomic mass is 16.7. The Labute approximate surface area is 250 Å². The van der Waals surface area contributed by atoms with E-state index in [4.69, 9.17) is 23.7 Å². The Morgan fingerprint density at radius 1 is 1.10 bits per heavy atom. The lowest BCUT2D eigenvalue weighted by molar-refractivity contribution is -0.303. The first-order valence-corrected chi connectivity index (χ1v) is 15.9. The van der Waals surface area contributed by atoms with Crippen LogP contribution in [0.2, 0.25) is 0 Å². The van der Waals surface area contributed by atoms with E-state index in [1.807, 2.05) is 34.6 Å². The summed E-state index contributed by atoms with van der Waals surface area (Å²) in [4.78, 5) is 15.7. The number of esters is 1. The Hall–Kier alpha value is -0.890. The van der Waals surface area contributed by atoms with Crippen LogP contribution in [0.15, 0.2) is 0 Å². The molecule has 4 aliphatic heterocycles. The van der Waals surface area contributed by atoms with E-state index in [0.717, 1.165) is 13.1 Å². The lowest BCUT2D eigenvalue weighted by atomic mass is 9.76. The molecule has 0 saturated carbocycles. The highest BCUT2D eigenvalue weighted by Gasteiger charge is 2.57. The summed E-state index contributed by atoms with van der Waals surface area (Å²) in [6.07, 6.45) is -5.13. The van der Waals surface area contributed by atoms with Gasteiger partial charge in [-0.1, -0.05) is 27.7 Å². The summed E-state index contributed by atoms with van der Waals surface area (Å²) in [6, 6.07) is -0.170. The second-order valence-electron chi connectivity index (χ2n) is 13.9. The number of aliphatic hydroxyl groups is 4. The van der Waals surface area contributed by atoms with Crippen LogP contribution >= 0.6 is 0 Å². The van der Waals surface area contributed by atoms with Crippen LogP contribution in [0.25, 0.3) is 0 Å². The van der Waals surface area contributed by atoms with Crippen LogP contribution < -0.4 is 0 Å². The molecule has 0 radical (unpaired) electrons. The molecule has 11 nitrogen and oxygen atoms in total. The number of rotatable bonds is 6. The SMILES string of the molecule is CC[C@@H](O)[C@@](C)(O)[C@@H]1OC(=O)[C@H](C)[C@@H](O)[C@H](C)[C@@H](O[C@@H]2OC(C)CC(N3CCOCC3)C2O)[C@]2(C)CC(C)C(O2)[C@@H]1C. The fraction of sp³-hybridized carbons (Fsp3) is 0.968. The molecule has 0 aromatic heterocycles. The molecule has 4 N–H and O–H groups in total. The standard InChI is InChI=1S/C31H55NO10/c1-9-22(33)31(8,37)27-20(6)25-16(2)15-30(7,42-25)26(18(4)23(34)19(5)28(36)40-27)41-29-24(35)21(14-17(3)39-29)32-10-12-38-13-11-32/h16-27,29,33-35,37H,9-15H2,1-8H3/t16?,17?,18-,19+,20-,21?,22+,23-,24?,25?,26+,27+,29-,30-,31+/m0/s1. The van der Waals surface area contributed by atoms with Gasteiger partial charge < -0.3 is 44.1 Å². The Morgan fingerprint density at radius 3 is 2.36 bits per heavy atom. The molecule has 15 atom stereocenters. The van der Waals surface area contributed by atoms with Crippen molar-refractivity contribution in [3.8, 4) is 0 Å². The number of hydrogen-bond donors (Lipinski definition) is 4. The first kappa shape index (κ1) is 34.0. The molecule has 0 amide bonds. The minimum atomic E-state index is -1.74. The summed E-state index contributed by atoms with van der Waals surface area (Å²) < 4.78 is 31.1. The summed E-state index contributed by atoms with van der Waals surface area (Å²) in [5, 5.41) is 45.3. The summed E-state index contributed by atoms with van der Waals surface area (Å²) in [5.41, 5.74) is -2.65. The van der Waals surface area contributed by atoms with Gasteiger partial charge in [-0.15, -0.1) is 0 Å². The normalized spacial score (nSPS) is 48.1. The predicted octanol–water partition coefficient (Wildman–Crippen LogP) is 1.47. The maximum atomic E-state index is 13.5. The minimum absolute atomic E-state index is 0.0229. The number of fused-ring (bicyclic) bond motifs is 2. The highest BCUT2D eigenvalue weighted by Crippen LogP contribution is 2.47.